The van der Waals surface area contributed by atoms with Crippen molar-refractivity contribution in [1.82, 2.24) is 19.0 Å². The number of nitrogens with zero attached hydrogens (tertiary/aromatic N) is 4. The zero-order valence-corrected chi connectivity index (χ0v) is 24.8. The molecule has 10 nitrogen and oxygen atoms in total. The molecular formula is C27H24F5N5O5S2. The number of hydrogen-bond donors (Lipinski definition) is 1. The fourth-order valence-corrected chi connectivity index (χ4v) is 6.87. The van der Waals surface area contributed by atoms with Crippen LogP contribution in [0.15, 0.2) is 37.5 Å². The zero-order chi connectivity index (χ0) is 31.9. The van der Waals surface area contributed by atoms with E-state index in [1.165, 1.54) is 24.0 Å². The van der Waals surface area contributed by atoms with Gasteiger partial charge in [0, 0.05) is 25.0 Å². The van der Waals surface area contributed by atoms with Crippen LogP contribution in [-0.4, -0.2) is 38.7 Å². The fraction of sp³-hybridized carbons (Fsp3) is 0.370. The van der Waals surface area contributed by atoms with E-state index >= 15 is 4.39 Å². The van der Waals surface area contributed by atoms with Crippen molar-refractivity contribution in [3.63, 3.8) is 0 Å². The first-order valence-electron chi connectivity index (χ1n) is 13.1. The van der Waals surface area contributed by atoms with Gasteiger partial charge in [0.05, 0.1) is 23.4 Å². The van der Waals surface area contributed by atoms with Crippen molar-refractivity contribution in [3.05, 3.63) is 71.3 Å². The monoisotopic (exact) mass is 657 g/mol. The van der Waals surface area contributed by atoms with E-state index in [9.17, 15) is 36.7 Å². The molecular weight excluding hydrogens is 633 g/mol. The average Bonchev–Trinajstić information content (AvgIpc) is 3.57. The van der Waals surface area contributed by atoms with Crippen LogP contribution in [0.5, 0.6) is 0 Å². The molecule has 234 valence electrons. The normalized spacial score (nSPS) is 14.8. The van der Waals surface area contributed by atoms with E-state index in [1.54, 1.807) is 5.38 Å². The second kappa shape index (κ2) is 12.2. The minimum Gasteiger partial charge on any atom is -0.444 e. The van der Waals surface area contributed by atoms with Gasteiger partial charge in [-0.3, -0.25) is 28.1 Å². The number of carbonyl (C=O) groups excluding carboxylic acids is 2. The Bertz CT molecular complexity index is 1960. The average molecular weight is 658 g/mol. The Balaban J connectivity index is 1.55. The quantitative estimate of drug-likeness (QED) is 0.252. The van der Waals surface area contributed by atoms with Crippen LogP contribution in [0.1, 0.15) is 24.0 Å². The lowest BCUT2D eigenvalue weighted by Crippen LogP contribution is -2.36. The van der Waals surface area contributed by atoms with E-state index in [1.807, 2.05) is 0 Å². The Morgan fingerprint density at radius 3 is 2.45 bits per heavy atom. The highest BCUT2D eigenvalue weighted by molar-refractivity contribution is 7.17. The van der Waals surface area contributed by atoms with Gasteiger partial charge in [-0.15, -0.1) is 22.7 Å². The lowest BCUT2D eigenvalue weighted by Gasteiger charge is -2.21. The maximum Gasteiger partial charge on any atom is 0.422 e. The molecule has 4 aromatic rings. The van der Waals surface area contributed by atoms with E-state index < -0.39 is 64.7 Å². The number of aromatic nitrogens is 3. The Labute approximate surface area is 252 Å². The molecule has 1 aliphatic heterocycles. The van der Waals surface area contributed by atoms with Gasteiger partial charge in [0.15, 0.2) is 11.5 Å². The highest BCUT2D eigenvalue weighted by Gasteiger charge is 2.39. The lowest BCUT2D eigenvalue weighted by atomic mass is 9.99. The van der Waals surface area contributed by atoms with Crippen molar-refractivity contribution >= 4 is 44.8 Å². The topological polar surface area (TPSA) is 117 Å². The maximum absolute atomic E-state index is 15.2. The number of aryl methyl sites for hydroxylation is 1. The number of carbonyl (C=O) groups is 2. The van der Waals surface area contributed by atoms with Crippen LogP contribution < -0.4 is 21.4 Å². The molecule has 1 N–H and O–H groups in total. The third-order valence-electron chi connectivity index (χ3n) is 7.26. The van der Waals surface area contributed by atoms with Gasteiger partial charge in [-0.2, -0.15) is 18.2 Å². The molecule has 4 heterocycles. The minimum atomic E-state index is -5.33. The van der Waals surface area contributed by atoms with Crippen LogP contribution in [0.25, 0.3) is 21.5 Å². The molecule has 5 rings (SSSR count). The van der Waals surface area contributed by atoms with E-state index in [2.05, 4.69) is 10.3 Å². The second-order valence-corrected chi connectivity index (χ2v) is 11.8. The highest BCUT2D eigenvalue weighted by atomic mass is 32.1. The largest absolute Gasteiger partial charge is 0.444 e. The predicted octanol–water partition coefficient (Wildman–Crippen LogP) is 3.30. The summed E-state index contributed by atoms with van der Waals surface area (Å²) in [7, 11) is 2.79. The Morgan fingerprint density at radius 2 is 1.77 bits per heavy atom. The zero-order valence-electron chi connectivity index (χ0n) is 23.2. The Kier molecular flexibility index (Phi) is 8.73. The van der Waals surface area contributed by atoms with Gasteiger partial charge in [0.25, 0.3) is 11.5 Å². The number of amides is 1. The molecule has 0 bridgehead atoms. The summed E-state index contributed by atoms with van der Waals surface area (Å²) in [5.41, 5.74) is -3.80. The summed E-state index contributed by atoms with van der Waals surface area (Å²) in [6, 6.07) is 1.29. The van der Waals surface area contributed by atoms with Crippen LogP contribution in [0, 0.1) is 17.6 Å². The van der Waals surface area contributed by atoms with E-state index in [0.29, 0.717) is 42.4 Å². The van der Waals surface area contributed by atoms with Crippen LogP contribution >= 0.6 is 22.7 Å². The molecule has 0 unspecified atom stereocenters. The van der Waals surface area contributed by atoms with Crippen molar-refractivity contribution in [2.45, 2.75) is 32.2 Å². The Morgan fingerprint density at radius 1 is 1.07 bits per heavy atom. The number of nitrogens with one attached hydrogen (secondary N) is 1. The van der Waals surface area contributed by atoms with Gasteiger partial charge >= 0.3 is 17.8 Å². The number of esters is 1. The standard InChI is InChI=1S/C27H24F5N5O5S2/c1-35-22(39)19-14(10-43-23(19)36(2)26(35)41)9-18(38)34-25-37(12-42-24(40)13-5-7-33-8-6-13)17(11-44-25)15-3-4-16(28)20(21(15)29)27(30,31)32/h3-4,10-11,13,33H,5-9,12H2,1-2H3. The van der Waals surface area contributed by atoms with Gasteiger partial charge < -0.3 is 10.1 Å². The predicted molar refractivity (Wildman–Crippen MR) is 151 cm³/mol. The van der Waals surface area contributed by atoms with Crippen LogP contribution in [0.4, 0.5) is 22.0 Å². The van der Waals surface area contributed by atoms with E-state index in [0.717, 1.165) is 37.9 Å². The number of alkyl halides is 3. The van der Waals surface area contributed by atoms with Crippen molar-refractivity contribution in [2.75, 3.05) is 13.1 Å². The molecule has 0 radical (unpaired) electrons. The summed E-state index contributed by atoms with van der Waals surface area (Å²) in [5.74, 6) is -5.48. The van der Waals surface area contributed by atoms with E-state index in [4.69, 9.17) is 4.74 Å². The lowest BCUT2D eigenvalue weighted by molar-refractivity contribution is -0.153. The number of piperidine rings is 1. The molecule has 1 saturated heterocycles. The third kappa shape index (κ3) is 5.90. The number of fused-ring (bicyclic) bond motifs is 1. The van der Waals surface area contributed by atoms with Crippen molar-refractivity contribution < 1.29 is 36.3 Å². The van der Waals surface area contributed by atoms with Gasteiger partial charge in [-0.25, -0.2) is 13.6 Å². The molecule has 3 aromatic heterocycles. The van der Waals surface area contributed by atoms with Gasteiger partial charge in [0.1, 0.15) is 22.0 Å². The number of hydrogen-bond acceptors (Lipinski definition) is 8. The molecule has 0 atom stereocenters. The van der Waals surface area contributed by atoms with Crippen molar-refractivity contribution in [1.29, 1.82) is 0 Å². The van der Waals surface area contributed by atoms with Crippen LogP contribution in [0.2, 0.25) is 0 Å². The first kappa shape index (κ1) is 31.5. The number of thiazole rings is 1. The summed E-state index contributed by atoms with van der Waals surface area (Å²) >= 11 is 1.85. The maximum atomic E-state index is 15.2. The molecule has 1 aliphatic rings. The number of ether oxygens (including phenoxy) is 1. The van der Waals surface area contributed by atoms with E-state index in [-0.39, 0.29) is 22.3 Å². The Hall–Kier alpha value is -3.96. The molecule has 0 aliphatic carbocycles. The molecule has 1 aromatic carbocycles. The summed E-state index contributed by atoms with van der Waals surface area (Å²) in [4.78, 5) is 55.2. The summed E-state index contributed by atoms with van der Waals surface area (Å²) < 4.78 is 78.3. The first-order chi connectivity index (χ1) is 20.8. The molecule has 44 heavy (non-hydrogen) atoms. The number of benzene rings is 1. The SMILES string of the molecule is Cn1c(=O)c2c(CC(=O)N=c3scc(-c4ccc(F)c(C(F)(F)F)c4F)n3COC(=O)C3CCNCC3)csc2n(C)c1=O. The smallest absolute Gasteiger partial charge is 0.422 e. The van der Waals surface area contributed by atoms with Crippen molar-refractivity contribution in [3.8, 4) is 11.3 Å². The minimum absolute atomic E-state index is 0.139. The summed E-state index contributed by atoms with van der Waals surface area (Å²) in [6.07, 6.45) is -4.72. The molecule has 0 spiro atoms. The number of halogens is 5. The van der Waals surface area contributed by atoms with Crippen LogP contribution in [-0.2, 0) is 47.7 Å². The summed E-state index contributed by atoms with van der Waals surface area (Å²) in [6.45, 7) is 0.554. The second-order valence-electron chi connectivity index (χ2n) is 10.1. The molecule has 0 saturated carbocycles. The van der Waals surface area contributed by atoms with Crippen LogP contribution in [0.3, 0.4) is 0 Å². The van der Waals surface area contributed by atoms with Gasteiger partial charge in [-0.05, 0) is 49.0 Å². The third-order valence-corrected chi connectivity index (χ3v) is 9.23. The van der Waals surface area contributed by atoms with Gasteiger partial charge in [-0.1, -0.05) is 0 Å². The molecule has 17 heteroatoms. The number of thiophene rings is 1. The van der Waals surface area contributed by atoms with Gasteiger partial charge in [0.2, 0.25) is 0 Å². The first-order valence-corrected chi connectivity index (χ1v) is 14.9. The van der Waals surface area contributed by atoms with Crippen molar-refractivity contribution in [2.24, 2.45) is 25.0 Å². The molecule has 1 fully saturated rings. The molecule has 1 amide bonds. The summed E-state index contributed by atoms with van der Waals surface area (Å²) in [5, 5.41) is 6.02. The highest BCUT2D eigenvalue weighted by Crippen LogP contribution is 2.37. The fourth-order valence-electron chi connectivity index (χ4n) is 4.94. The number of rotatable bonds is 6.